The van der Waals surface area contributed by atoms with Gasteiger partial charge in [0.25, 0.3) is 5.91 Å². The second-order valence-corrected chi connectivity index (χ2v) is 9.50. The molecule has 0 aliphatic rings. The average Bonchev–Trinajstić information content (AvgIpc) is 3.17. The fourth-order valence-electron chi connectivity index (χ4n) is 3.60. The maximum Gasteiger partial charge on any atom is 0.273 e. The van der Waals surface area contributed by atoms with E-state index in [0.717, 1.165) is 5.56 Å². The number of aromatic nitrogens is 2. The van der Waals surface area contributed by atoms with Crippen molar-refractivity contribution in [2.75, 3.05) is 13.2 Å². The van der Waals surface area contributed by atoms with Gasteiger partial charge in [-0.15, -0.1) is 0 Å². The Morgan fingerprint density at radius 2 is 1.91 bits per heavy atom. The number of rotatable bonds is 8. The summed E-state index contributed by atoms with van der Waals surface area (Å²) in [7, 11) is 0. The number of hydrogen-bond acceptors (Lipinski definition) is 5. The standard InChI is InChI=1S/C25H28ClN5O3/c1-25(2,3)22(24(34)28-12-5-13-32)29-23(33)20-18-6-4-7-19(26)21(18)31(30-20)15-17-10-8-16(14-27)9-11-17/h4,6-11,22,32H,5,12-13,15H2,1-3H3,(H,28,34)(H,29,33)/t22-/m1/s1. The van der Waals surface area contributed by atoms with Crippen LogP contribution in [-0.2, 0) is 11.3 Å². The van der Waals surface area contributed by atoms with Gasteiger partial charge in [0, 0.05) is 18.5 Å². The zero-order valence-corrected chi connectivity index (χ0v) is 20.2. The Labute approximate surface area is 203 Å². The van der Waals surface area contributed by atoms with E-state index in [0.29, 0.717) is 41.0 Å². The first-order valence-corrected chi connectivity index (χ1v) is 11.4. The summed E-state index contributed by atoms with van der Waals surface area (Å²) in [5, 5.41) is 29.2. The van der Waals surface area contributed by atoms with E-state index in [-0.39, 0.29) is 18.2 Å². The summed E-state index contributed by atoms with van der Waals surface area (Å²) >= 11 is 6.47. The zero-order valence-electron chi connectivity index (χ0n) is 19.4. The van der Waals surface area contributed by atoms with Crippen LogP contribution in [0.5, 0.6) is 0 Å². The summed E-state index contributed by atoms with van der Waals surface area (Å²) in [5.74, 6) is -0.809. The van der Waals surface area contributed by atoms with Crippen LogP contribution in [0.3, 0.4) is 0 Å². The lowest BCUT2D eigenvalue weighted by molar-refractivity contribution is -0.125. The predicted molar refractivity (Wildman–Crippen MR) is 130 cm³/mol. The van der Waals surface area contributed by atoms with E-state index in [9.17, 15) is 9.59 Å². The van der Waals surface area contributed by atoms with Crippen LogP contribution in [0.4, 0.5) is 0 Å². The molecule has 9 heteroatoms. The number of fused-ring (bicyclic) bond motifs is 1. The molecule has 0 spiro atoms. The normalized spacial score (nSPS) is 12.2. The van der Waals surface area contributed by atoms with E-state index in [1.165, 1.54) is 0 Å². The second kappa shape index (κ2) is 10.7. The molecule has 0 saturated carbocycles. The van der Waals surface area contributed by atoms with Gasteiger partial charge in [-0.25, -0.2) is 0 Å². The van der Waals surface area contributed by atoms with Gasteiger partial charge >= 0.3 is 0 Å². The van der Waals surface area contributed by atoms with Gasteiger partial charge in [0.15, 0.2) is 5.69 Å². The first-order chi connectivity index (χ1) is 16.2. The van der Waals surface area contributed by atoms with Crippen molar-refractivity contribution in [3.63, 3.8) is 0 Å². The molecule has 2 amide bonds. The Balaban J connectivity index is 1.93. The Kier molecular flexibility index (Phi) is 7.92. The molecule has 1 atom stereocenters. The summed E-state index contributed by atoms with van der Waals surface area (Å²) < 4.78 is 1.65. The van der Waals surface area contributed by atoms with E-state index in [1.54, 1.807) is 35.0 Å². The SMILES string of the molecule is CC(C)(C)[C@H](NC(=O)c1nn(Cc2ccc(C#N)cc2)c2c(Cl)cccc12)C(=O)NCCCO. The van der Waals surface area contributed by atoms with Crippen LogP contribution in [0.15, 0.2) is 42.5 Å². The molecule has 0 aliphatic heterocycles. The predicted octanol–water partition coefficient (Wildman–Crippen LogP) is 3.25. The Morgan fingerprint density at radius 1 is 1.21 bits per heavy atom. The smallest absolute Gasteiger partial charge is 0.273 e. The molecule has 0 bridgehead atoms. The number of nitrogens with one attached hydrogen (secondary N) is 2. The van der Waals surface area contributed by atoms with Crippen LogP contribution in [0.25, 0.3) is 10.9 Å². The molecule has 3 aromatic rings. The molecule has 2 aromatic carbocycles. The molecule has 178 valence electrons. The summed E-state index contributed by atoms with van der Waals surface area (Å²) in [5.41, 5.74) is 1.67. The second-order valence-electron chi connectivity index (χ2n) is 9.09. The van der Waals surface area contributed by atoms with Crippen LogP contribution in [0.2, 0.25) is 5.02 Å². The van der Waals surface area contributed by atoms with Crippen molar-refractivity contribution in [3.8, 4) is 6.07 Å². The summed E-state index contributed by atoms with van der Waals surface area (Å²) in [4.78, 5) is 26.1. The zero-order chi connectivity index (χ0) is 24.9. The van der Waals surface area contributed by atoms with Gasteiger partial charge in [0.05, 0.1) is 28.7 Å². The van der Waals surface area contributed by atoms with Gasteiger partial charge in [-0.1, -0.05) is 56.6 Å². The maximum atomic E-state index is 13.3. The molecular formula is C25H28ClN5O3. The number of carbonyl (C=O) groups is 2. The number of carbonyl (C=O) groups excluding carboxylic acids is 2. The van der Waals surface area contributed by atoms with Crippen molar-refractivity contribution in [1.82, 2.24) is 20.4 Å². The lowest BCUT2D eigenvalue weighted by atomic mass is 9.86. The third kappa shape index (κ3) is 5.74. The van der Waals surface area contributed by atoms with Crippen LogP contribution >= 0.6 is 11.6 Å². The molecular weight excluding hydrogens is 454 g/mol. The van der Waals surface area contributed by atoms with E-state index in [4.69, 9.17) is 22.0 Å². The number of benzene rings is 2. The van der Waals surface area contributed by atoms with Gasteiger partial charge in [-0.3, -0.25) is 14.3 Å². The molecule has 0 unspecified atom stereocenters. The van der Waals surface area contributed by atoms with Crippen molar-refractivity contribution in [2.45, 2.75) is 39.8 Å². The first kappa shape index (κ1) is 25.2. The Morgan fingerprint density at radius 3 is 2.53 bits per heavy atom. The van der Waals surface area contributed by atoms with Gasteiger partial charge in [-0.2, -0.15) is 10.4 Å². The lowest BCUT2D eigenvalue weighted by Gasteiger charge is -2.30. The monoisotopic (exact) mass is 481 g/mol. The number of hydrogen-bond donors (Lipinski definition) is 3. The van der Waals surface area contributed by atoms with E-state index >= 15 is 0 Å². The number of aliphatic hydroxyl groups excluding tert-OH is 1. The topological polar surface area (TPSA) is 120 Å². The minimum absolute atomic E-state index is 0.0315. The lowest BCUT2D eigenvalue weighted by Crippen LogP contribution is -2.53. The molecule has 1 heterocycles. The molecule has 0 radical (unpaired) electrons. The van der Waals surface area contributed by atoms with Gasteiger partial charge in [0.1, 0.15) is 6.04 Å². The molecule has 0 aliphatic carbocycles. The van der Waals surface area contributed by atoms with E-state index in [2.05, 4.69) is 21.8 Å². The number of nitrogens with zero attached hydrogens (tertiary/aromatic N) is 3. The van der Waals surface area contributed by atoms with Crippen LogP contribution < -0.4 is 10.6 Å². The number of para-hydroxylation sites is 1. The number of halogens is 1. The molecule has 0 fully saturated rings. The molecule has 3 rings (SSSR count). The molecule has 1 aromatic heterocycles. The fourth-order valence-corrected chi connectivity index (χ4v) is 3.87. The number of nitriles is 1. The molecule has 34 heavy (non-hydrogen) atoms. The van der Waals surface area contributed by atoms with Crippen molar-refractivity contribution >= 4 is 34.3 Å². The van der Waals surface area contributed by atoms with Gasteiger partial charge < -0.3 is 15.7 Å². The first-order valence-electron chi connectivity index (χ1n) is 11.0. The number of amides is 2. The molecule has 0 saturated heterocycles. The highest BCUT2D eigenvalue weighted by molar-refractivity contribution is 6.35. The summed E-state index contributed by atoms with van der Waals surface area (Å²) in [6.45, 7) is 6.22. The van der Waals surface area contributed by atoms with Crippen LogP contribution in [0.1, 0.15) is 48.8 Å². The van der Waals surface area contributed by atoms with Crippen molar-refractivity contribution in [2.24, 2.45) is 5.41 Å². The fraction of sp³-hybridized carbons (Fsp3) is 0.360. The highest BCUT2D eigenvalue weighted by Gasteiger charge is 2.34. The quantitative estimate of drug-likeness (QED) is 0.426. The van der Waals surface area contributed by atoms with Gasteiger partial charge in [0.2, 0.25) is 5.91 Å². The highest BCUT2D eigenvalue weighted by atomic mass is 35.5. The molecule has 3 N–H and O–H groups in total. The van der Waals surface area contributed by atoms with Crippen molar-refractivity contribution in [1.29, 1.82) is 5.26 Å². The summed E-state index contributed by atoms with van der Waals surface area (Å²) in [6, 6.07) is 13.6. The third-order valence-electron chi connectivity index (χ3n) is 5.39. The Hall–Kier alpha value is -3.41. The highest BCUT2D eigenvalue weighted by Crippen LogP contribution is 2.28. The summed E-state index contributed by atoms with van der Waals surface area (Å²) in [6.07, 6.45) is 0.430. The minimum atomic E-state index is -0.809. The Bertz CT molecular complexity index is 1220. The van der Waals surface area contributed by atoms with Gasteiger partial charge in [-0.05, 0) is 35.6 Å². The number of aliphatic hydroxyl groups is 1. The third-order valence-corrected chi connectivity index (χ3v) is 5.69. The van der Waals surface area contributed by atoms with Crippen molar-refractivity contribution in [3.05, 3.63) is 64.3 Å². The average molecular weight is 482 g/mol. The van der Waals surface area contributed by atoms with E-state index < -0.39 is 17.4 Å². The maximum absolute atomic E-state index is 13.3. The van der Waals surface area contributed by atoms with Crippen molar-refractivity contribution < 1.29 is 14.7 Å². The minimum Gasteiger partial charge on any atom is -0.396 e. The van der Waals surface area contributed by atoms with Crippen LogP contribution in [-0.4, -0.2) is 45.9 Å². The largest absolute Gasteiger partial charge is 0.396 e. The molecule has 8 nitrogen and oxygen atoms in total. The van der Waals surface area contributed by atoms with E-state index in [1.807, 2.05) is 32.9 Å². The van der Waals surface area contributed by atoms with Crippen LogP contribution in [0, 0.1) is 16.7 Å².